The molecular formula is C17H15Cl3N4O2. The van der Waals surface area contributed by atoms with Gasteiger partial charge in [-0.15, -0.1) is 0 Å². The highest BCUT2D eigenvalue weighted by Crippen LogP contribution is 2.22. The van der Waals surface area contributed by atoms with Crippen LogP contribution in [0.25, 0.3) is 0 Å². The molecule has 9 heteroatoms. The summed E-state index contributed by atoms with van der Waals surface area (Å²) in [6.45, 7) is 0.527. The Morgan fingerprint density at radius 3 is 2.27 bits per heavy atom. The molecular weight excluding hydrogens is 399 g/mol. The number of likely N-dealkylation sites (N-methyl/N-ethyl adjacent to an activating group) is 1. The Bertz CT molecular complexity index is 820. The van der Waals surface area contributed by atoms with E-state index >= 15 is 0 Å². The fourth-order valence-corrected chi connectivity index (χ4v) is 2.45. The smallest absolute Gasteiger partial charge is 0.269 e. The molecule has 0 amide bonds. The number of hydrogen-bond donors (Lipinski definition) is 1. The average molecular weight is 414 g/mol. The van der Waals surface area contributed by atoms with E-state index in [4.69, 9.17) is 34.8 Å². The van der Waals surface area contributed by atoms with Crippen LogP contribution in [0.1, 0.15) is 5.56 Å². The molecule has 26 heavy (non-hydrogen) atoms. The Morgan fingerprint density at radius 1 is 1.12 bits per heavy atom. The van der Waals surface area contributed by atoms with Crippen molar-refractivity contribution in [3.63, 3.8) is 0 Å². The Morgan fingerprint density at radius 2 is 1.73 bits per heavy atom. The lowest BCUT2D eigenvalue weighted by Crippen LogP contribution is -2.27. The lowest BCUT2D eigenvalue weighted by atomic mass is 10.2. The SMILES string of the molecule is CN(Cc1ccccc1)/C(=N/Nc1ccc([N+](=O)[O-])cc1)C(Cl)=C(Cl)Cl. The third-order valence-electron chi connectivity index (χ3n) is 3.36. The van der Waals surface area contributed by atoms with Gasteiger partial charge in [-0.1, -0.05) is 65.1 Å². The van der Waals surface area contributed by atoms with Gasteiger partial charge in [-0.2, -0.15) is 5.10 Å². The van der Waals surface area contributed by atoms with Crippen molar-refractivity contribution >= 4 is 52.0 Å². The van der Waals surface area contributed by atoms with Crippen LogP contribution in [-0.2, 0) is 6.54 Å². The fraction of sp³-hybridized carbons (Fsp3) is 0.118. The van der Waals surface area contributed by atoms with Gasteiger partial charge in [0.2, 0.25) is 0 Å². The summed E-state index contributed by atoms with van der Waals surface area (Å²) in [4.78, 5) is 12.0. The van der Waals surface area contributed by atoms with E-state index in [1.54, 1.807) is 11.9 Å². The van der Waals surface area contributed by atoms with Crippen molar-refractivity contribution in [2.45, 2.75) is 6.54 Å². The Hall–Kier alpha value is -2.28. The number of hydrazone groups is 1. The zero-order valence-corrected chi connectivity index (χ0v) is 16.0. The summed E-state index contributed by atoms with van der Waals surface area (Å²) in [6, 6.07) is 15.6. The first kappa shape index (κ1) is 20.0. The summed E-state index contributed by atoms with van der Waals surface area (Å²) in [6.07, 6.45) is 0. The van der Waals surface area contributed by atoms with Gasteiger partial charge in [-0.3, -0.25) is 15.5 Å². The van der Waals surface area contributed by atoms with Crippen LogP contribution in [-0.4, -0.2) is 22.7 Å². The summed E-state index contributed by atoms with van der Waals surface area (Å²) in [5.74, 6) is 0.328. The molecule has 0 atom stereocenters. The molecule has 2 rings (SSSR count). The van der Waals surface area contributed by atoms with Crippen LogP contribution < -0.4 is 5.43 Å². The predicted octanol–water partition coefficient (Wildman–Crippen LogP) is 5.34. The summed E-state index contributed by atoms with van der Waals surface area (Å²) in [7, 11) is 1.79. The number of anilines is 1. The third kappa shape index (κ3) is 5.62. The normalized spacial score (nSPS) is 11.0. The maximum Gasteiger partial charge on any atom is 0.269 e. The van der Waals surface area contributed by atoms with Crippen molar-refractivity contribution in [2.24, 2.45) is 5.10 Å². The second-order valence-electron chi connectivity index (χ2n) is 5.27. The van der Waals surface area contributed by atoms with Gasteiger partial charge in [0.05, 0.1) is 10.6 Å². The topological polar surface area (TPSA) is 70.8 Å². The van der Waals surface area contributed by atoms with Crippen LogP contribution >= 0.6 is 34.8 Å². The van der Waals surface area contributed by atoms with Crippen LogP contribution in [0.15, 0.2) is 69.2 Å². The molecule has 0 unspecified atom stereocenters. The highest BCUT2D eigenvalue weighted by molar-refractivity contribution is 6.62. The largest absolute Gasteiger partial charge is 0.353 e. The van der Waals surface area contributed by atoms with Crippen LogP contribution in [0.3, 0.4) is 0 Å². The van der Waals surface area contributed by atoms with Crippen LogP contribution in [0.5, 0.6) is 0 Å². The number of rotatable bonds is 6. The van der Waals surface area contributed by atoms with Gasteiger partial charge in [0.25, 0.3) is 5.69 Å². The van der Waals surface area contributed by atoms with Gasteiger partial charge >= 0.3 is 0 Å². The number of nitrogens with one attached hydrogen (secondary N) is 1. The lowest BCUT2D eigenvalue weighted by Gasteiger charge is -2.21. The molecule has 0 bridgehead atoms. The number of non-ortho nitro benzene ring substituents is 1. The number of nitrogens with zero attached hydrogens (tertiary/aromatic N) is 3. The molecule has 0 aliphatic rings. The number of hydrogen-bond acceptors (Lipinski definition) is 4. The van der Waals surface area contributed by atoms with E-state index in [-0.39, 0.29) is 15.2 Å². The number of nitro groups is 1. The van der Waals surface area contributed by atoms with Crippen molar-refractivity contribution in [3.05, 3.63) is 79.8 Å². The number of benzene rings is 2. The molecule has 0 saturated carbocycles. The maximum atomic E-state index is 10.7. The Balaban J connectivity index is 2.22. The molecule has 6 nitrogen and oxygen atoms in total. The van der Waals surface area contributed by atoms with Crippen molar-refractivity contribution < 1.29 is 4.92 Å². The van der Waals surface area contributed by atoms with Crippen LogP contribution in [0.4, 0.5) is 11.4 Å². The van der Waals surface area contributed by atoms with E-state index in [0.717, 1.165) is 5.56 Å². The van der Waals surface area contributed by atoms with Gasteiger partial charge in [-0.25, -0.2) is 0 Å². The van der Waals surface area contributed by atoms with Gasteiger partial charge in [0.15, 0.2) is 5.84 Å². The van der Waals surface area contributed by atoms with E-state index in [1.165, 1.54) is 24.3 Å². The second kappa shape index (κ2) is 9.43. The molecule has 1 N–H and O–H groups in total. The van der Waals surface area contributed by atoms with E-state index in [1.807, 2.05) is 30.3 Å². The molecule has 0 saturated heterocycles. The van der Waals surface area contributed by atoms with E-state index in [9.17, 15) is 10.1 Å². The minimum absolute atomic E-state index is 0.0114. The second-order valence-corrected chi connectivity index (χ2v) is 6.59. The minimum atomic E-state index is -0.473. The first-order chi connectivity index (χ1) is 12.4. The Kier molecular flexibility index (Phi) is 7.26. The van der Waals surface area contributed by atoms with E-state index < -0.39 is 4.92 Å². The lowest BCUT2D eigenvalue weighted by molar-refractivity contribution is -0.384. The minimum Gasteiger partial charge on any atom is -0.353 e. The molecule has 0 spiro atoms. The van der Waals surface area contributed by atoms with Crippen LogP contribution in [0.2, 0.25) is 0 Å². The molecule has 2 aromatic carbocycles. The summed E-state index contributed by atoms with van der Waals surface area (Å²) in [5, 5.41) is 15.0. The predicted molar refractivity (Wildman–Crippen MR) is 107 cm³/mol. The van der Waals surface area contributed by atoms with Crippen LogP contribution in [0, 0.1) is 10.1 Å². The van der Waals surface area contributed by atoms with Crippen molar-refractivity contribution in [1.29, 1.82) is 0 Å². The number of halogens is 3. The van der Waals surface area contributed by atoms with Crippen molar-refractivity contribution in [1.82, 2.24) is 4.90 Å². The molecule has 136 valence electrons. The van der Waals surface area contributed by atoms with Gasteiger partial charge < -0.3 is 4.90 Å². The molecule has 0 fully saturated rings. The quantitative estimate of drug-likeness (QED) is 0.300. The number of nitro benzene ring substituents is 1. The molecule has 0 aromatic heterocycles. The first-order valence-electron chi connectivity index (χ1n) is 7.43. The summed E-state index contributed by atoms with van der Waals surface area (Å²) < 4.78 is -0.115. The van der Waals surface area contributed by atoms with Crippen molar-refractivity contribution in [3.8, 4) is 0 Å². The summed E-state index contributed by atoms with van der Waals surface area (Å²) in [5.41, 5.74) is 4.39. The third-order valence-corrected chi connectivity index (χ3v) is 4.28. The highest BCUT2D eigenvalue weighted by atomic mass is 35.5. The molecule has 0 aliphatic carbocycles. The monoisotopic (exact) mass is 412 g/mol. The van der Waals surface area contributed by atoms with Gasteiger partial charge in [0, 0.05) is 25.7 Å². The van der Waals surface area contributed by atoms with E-state index in [0.29, 0.717) is 18.1 Å². The fourth-order valence-electron chi connectivity index (χ4n) is 2.09. The summed E-state index contributed by atoms with van der Waals surface area (Å²) >= 11 is 17.8. The molecule has 0 heterocycles. The number of amidine groups is 1. The zero-order valence-electron chi connectivity index (χ0n) is 13.7. The molecule has 2 aromatic rings. The van der Waals surface area contributed by atoms with Gasteiger partial charge in [-0.05, 0) is 17.7 Å². The first-order valence-corrected chi connectivity index (χ1v) is 8.56. The van der Waals surface area contributed by atoms with Gasteiger partial charge in [0.1, 0.15) is 9.52 Å². The molecule has 0 radical (unpaired) electrons. The average Bonchev–Trinajstić information content (AvgIpc) is 2.62. The highest BCUT2D eigenvalue weighted by Gasteiger charge is 2.15. The molecule has 0 aliphatic heterocycles. The Labute approximate surface area is 165 Å². The van der Waals surface area contributed by atoms with Crippen molar-refractivity contribution in [2.75, 3.05) is 12.5 Å². The van der Waals surface area contributed by atoms with E-state index in [2.05, 4.69) is 10.5 Å². The standard InChI is InChI=1S/C17H15Cl3N4O2/c1-23(11-12-5-3-2-4-6-12)17(15(18)16(19)20)22-21-13-7-9-14(10-8-13)24(25)26/h2-10,21H,11H2,1H3/b22-17+. The zero-order chi connectivity index (χ0) is 19.1. The maximum absolute atomic E-state index is 10.7.